The summed E-state index contributed by atoms with van der Waals surface area (Å²) >= 11 is 1.81. The largest absolute Gasteiger partial charge is 0.370 e. The molecule has 1 aromatic carbocycles. The number of benzene rings is 1. The molecule has 198 valence electrons. The van der Waals surface area contributed by atoms with Crippen LogP contribution in [0.2, 0.25) is 0 Å². The van der Waals surface area contributed by atoms with Crippen molar-refractivity contribution in [1.29, 1.82) is 0 Å². The summed E-state index contributed by atoms with van der Waals surface area (Å²) in [5, 5.41) is 10.9. The number of carbonyl (C=O) groups is 1. The average Bonchev–Trinajstić information content (AvgIpc) is 3.38. The predicted octanol–water partition coefficient (Wildman–Crippen LogP) is 5.23. The number of hydrogen-bond donors (Lipinski definition) is 3. The summed E-state index contributed by atoms with van der Waals surface area (Å²) < 4.78 is 0. The van der Waals surface area contributed by atoms with Crippen LogP contribution in [0.1, 0.15) is 42.1 Å². The number of thiophene rings is 1. The van der Waals surface area contributed by atoms with E-state index in [0.717, 1.165) is 42.0 Å². The van der Waals surface area contributed by atoms with E-state index in [1.54, 1.807) is 6.20 Å². The lowest BCUT2D eigenvalue weighted by Gasteiger charge is -2.22. The molecule has 3 N–H and O–H groups in total. The van der Waals surface area contributed by atoms with Gasteiger partial charge in [0, 0.05) is 41.2 Å². The van der Waals surface area contributed by atoms with Gasteiger partial charge in [-0.1, -0.05) is 24.3 Å². The van der Waals surface area contributed by atoms with Crippen LogP contribution in [0.25, 0.3) is 21.3 Å². The van der Waals surface area contributed by atoms with E-state index in [4.69, 9.17) is 4.98 Å². The highest BCUT2D eigenvalue weighted by atomic mass is 32.1. The maximum atomic E-state index is 11.7. The molecule has 1 amide bonds. The minimum Gasteiger partial charge on any atom is -0.370 e. The first-order chi connectivity index (χ1) is 18.4. The van der Waals surface area contributed by atoms with Crippen LogP contribution in [-0.2, 0) is 11.3 Å². The molecule has 1 aliphatic heterocycles. The average molecular weight is 530 g/mol. The third kappa shape index (κ3) is 6.11. The Bertz CT molecular complexity index is 1430. The van der Waals surface area contributed by atoms with Crippen LogP contribution in [0.15, 0.2) is 48.7 Å². The standard InChI is InChI=1S/C29H35N7OS/c1-18(25-9-10-26(38-25)22-8-6-5-7-21(22)17-36(3)4)33-29-23-14-27(32-16-24(23)34-19(2)35-29)31-15-20-11-12-30-28(37)13-20/h5-10,14,16,18,20H,11-13,15,17H2,1-4H3,(H,30,37)(H,31,32)(H,33,34,35). The number of carbonyl (C=O) groups excluding carboxylic acids is 1. The molecule has 1 fully saturated rings. The van der Waals surface area contributed by atoms with Crippen molar-refractivity contribution in [2.24, 2.45) is 5.92 Å². The van der Waals surface area contributed by atoms with Crippen LogP contribution in [0.5, 0.6) is 0 Å². The number of nitrogens with one attached hydrogen (secondary N) is 3. The van der Waals surface area contributed by atoms with E-state index >= 15 is 0 Å². The second kappa shape index (κ2) is 11.4. The first-order valence-corrected chi connectivity index (χ1v) is 13.9. The van der Waals surface area contributed by atoms with Crippen LogP contribution in [0, 0.1) is 12.8 Å². The highest BCUT2D eigenvalue weighted by molar-refractivity contribution is 7.15. The lowest BCUT2D eigenvalue weighted by atomic mass is 9.98. The van der Waals surface area contributed by atoms with Gasteiger partial charge in [-0.2, -0.15) is 0 Å². The van der Waals surface area contributed by atoms with Gasteiger partial charge in [0.05, 0.1) is 17.8 Å². The minimum absolute atomic E-state index is 0.0672. The number of aromatic nitrogens is 3. The van der Waals surface area contributed by atoms with E-state index in [1.165, 1.54) is 20.9 Å². The van der Waals surface area contributed by atoms with Gasteiger partial charge < -0.3 is 20.9 Å². The summed E-state index contributed by atoms with van der Waals surface area (Å²) in [4.78, 5) is 30.3. The van der Waals surface area contributed by atoms with Gasteiger partial charge in [-0.3, -0.25) is 4.79 Å². The molecule has 0 saturated carbocycles. The van der Waals surface area contributed by atoms with Crippen LogP contribution in [0.4, 0.5) is 11.6 Å². The number of amides is 1. The van der Waals surface area contributed by atoms with Crippen molar-refractivity contribution in [3.8, 4) is 10.4 Å². The molecule has 0 spiro atoms. The van der Waals surface area contributed by atoms with E-state index < -0.39 is 0 Å². The van der Waals surface area contributed by atoms with Gasteiger partial charge in [-0.05, 0) is 69.6 Å². The number of hydrogen-bond acceptors (Lipinski definition) is 8. The molecule has 38 heavy (non-hydrogen) atoms. The van der Waals surface area contributed by atoms with Crippen molar-refractivity contribution in [1.82, 2.24) is 25.2 Å². The number of rotatable bonds is 9. The van der Waals surface area contributed by atoms with Crippen molar-refractivity contribution in [2.45, 2.75) is 39.3 Å². The molecule has 4 heterocycles. The smallest absolute Gasteiger partial charge is 0.220 e. The van der Waals surface area contributed by atoms with Gasteiger partial charge in [0.1, 0.15) is 17.5 Å². The van der Waals surface area contributed by atoms with Gasteiger partial charge in [-0.25, -0.2) is 15.0 Å². The molecule has 2 unspecified atom stereocenters. The number of nitrogens with zero attached hydrogens (tertiary/aromatic N) is 4. The van der Waals surface area contributed by atoms with Crippen molar-refractivity contribution in [2.75, 3.05) is 37.8 Å². The number of pyridine rings is 1. The Hall–Kier alpha value is -3.56. The van der Waals surface area contributed by atoms with Crippen molar-refractivity contribution < 1.29 is 4.79 Å². The van der Waals surface area contributed by atoms with Crippen LogP contribution < -0.4 is 16.0 Å². The van der Waals surface area contributed by atoms with Crippen LogP contribution >= 0.6 is 11.3 Å². The topological polar surface area (TPSA) is 95.1 Å². The molecule has 0 bridgehead atoms. The summed E-state index contributed by atoms with van der Waals surface area (Å²) in [6.45, 7) is 6.42. The van der Waals surface area contributed by atoms with E-state index in [1.807, 2.05) is 24.3 Å². The van der Waals surface area contributed by atoms with Crippen LogP contribution in [0.3, 0.4) is 0 Å². The third-order valence-corrected chi connectivity index (χ3v) is 8.09. The second-order valence-electron chi connectivity index (χ2n) is 10.3. The monoisotopic (exact) mass is 529 g/mol. The quantitative estimate of drug-likeness (QED) is 0.273. The predicted molar refractivity (Wildman–Crippen MR) is 155 cm³/mol. The van der Waals surface area contributed by atoms with Crippen molar-refractivity contribution in [3.05, 3.63) is 64.9 Å². The zero-order valence-electron chi connectivity index (χ0n) is 22.4. The highest BCUT2D eigenvalue weighted by Gasteiger charge is 2.19. The maximum Gasteiger partial charge on any atom is 0.220 e. The fourth-order valence-electron chi connectivity index (χ4n) is 4.88. The minimum atomic E-state index is 0.0672. The normalized spacial score (nSPS) is 16.4. The lowest BCUT2D eigenvalue weighted by molar-refractivity contribution is -0.123. The molecular weight excluding hydrogens is 494 g/mol. The molecular formula is C29H35N7OS. The lowest BCUT2D eigenvalue weighted by Crippen LogP contribution is -2.36. The van der Waals surface area contributed by atoms with Gasteiger partial charge in [0.15, 0.2) is 0 Å². The van der Waals surface area contributed by atoms with Gasteiger partial charge in [-0.15, -0.1) is 11.3 Å². The number of aryl methyl sites for hydroxylation is 1. The highest BCUT2D eigenvalue weighted by Crippen LogP contribution is 2.35. The Morgan fingerprint density at radius 3 is 2.84 bits per heavy atom. The fraction of sp³-hybridized carbons (Fsp3) is 0.379. The van der Waals surface area contributed by atoms with Gasteiger partial charge >= 0.3 is 0 Å². The van der Waals surface area contributed by atoms with E-state index in [2.05, 4.69) is 88.2 Å². The molecule has 0 aliphatic carbocycles. The van der Waals surface area contributed by atoms with E-state index in [0.29, 0.717) is 24.7 Å². The van der Waals surface area contributed by atoms with Crippen LogP contribution in [-0.4, -0.2) is 52.9 Å². The maximum absolute atomic E-state index is 11.7. The summed E-state index contributed by atoms with van der Waals surface area (Å²) in [5.41, 5.74) is 3.41. The molecule has 3 aromatic heterocycles. The summed E-state index contributed by atoms with van der Waals surface area (Å²) in [5.74, 6) is 2.70. The van der Waals surface area contributed by atoms with Crippen molar-refractivity contribution >= 4 is 39.8 Å². The molecule has 8 nitrogen and oxygen atoms in total. The second-order valence-corrected chi connectivity index (χ2v) is 11.4. The fourth-order valence-corrected chi connectivity index (χ4v) is 5.95. The molecule has 2 atom stereocenters. The van der Waals surface area contributed by atoms with E-state index in [9.17, 15) is 4.79 Å². The Labute approximate surface area is 227 Å². The van der Waals surface area contributed by atoms with Gasteiger partial charge in [0.25, 0.3) is 0 Å². The molecule has 1 aliphatic rings. The van der Waals surface area contributed by atoms with Crippen molar-refractivity contribution in [3.63, 3.8) is 0 Å². The Morgan fingerprint density at radius 1 is 1.18 bits per heavy atom. The Morgan fingerprint density at radius 2 is 2.03 bits per heavy atom. The first-order valence-electron chi connectivity index (χ1n) is 13.1. The number of fused-ring (bicyclic) bond motifs is 1. The summed E-state index contributed by atoms with van der Waals surface area (Å²) in [7, 11) is 4.20. The zero-order valence-corrected chi connectivity index (χ0v) is 23.2. The molecule has 0 radical (unpaired) electrons. The van der Waals surface area contributed by atoms with Gasteiger partial charge in [0.2, 0.25) is 5.91 Å². The summed E-state index contributed by atoms with van der Waals surface area (Å²) in [6, 6.07) is 15.1. The SMILES string of the molecule is Cc1nc(NC(C)c2ccc(-c3ccccc3CN(C)C)s2)c2cc(NCC3CCNC(=O)C3)ncc2n1. The molecule has 9 heteroatoms. The third-order valence-electron chi connectivity index (χ3n) is 6.79. The number of anilines is 2. The van der Waals surface area contributed by atoms with E-state index in [-0.39, 0.29) is 11.9 Å². The molecule has 1 saturated heterocycles. The molecule has 5 rings (SSSR count). The zero-order chi connectivity index (χ0) is 26.6. The number of piperidine rings is 1. The Balaban J connectivity index is 1.35. The summed E-state index contributed by atoms with van der Waals surface area (Å²) in [6.07, 6.45) is 3.32. The first kappa shape index (κ1) is 26.1. The molecule has 4 aromatic rings. The Kier molecular flexibility index (Phi) is 7.85.